The fourth-order valence-corrected chi connectivity index (χ4v) is 4.76. The Bertz CT molecular complexity index is 1740. The lowest BCUT2D eigenvalue weighted by molar-refractivity contribution is 0.0471. The molecule has 0 saturated carbocycles. The summed E-state index contributed by atoms with van der Waals surface area (Å²) >= 11 is 6.58. The van der Waals surface area contributed by atoms with Crippen LogP contribution in [0.4, 0.5) is 4.39 Å². The molecule has 3 heterocycles. The molecule has 3 aromatic heterocycles. The van der Waals surface area contributed by atoms with Crippen LogP contribution < -0.4 is 5.56 Å². The highest BCUT2D eigenvalue weighted by molar-refractivity contribution is 6.30. The molecule has 5 rings (SSSR count). The molecule has 0 aliphatic rings. The van der Waals surface area contributed by atoms with Crippen LogP contribution in [0.5, 0.6) is 0 Å². The average molecular weight is 533 g/mol. The van der Waals surface area contributed by atoms with E-state index in [-0.39, 0.29) is 35.1 Å². The van der Waals surface area contributed by atoms with Gasteiger partial charge in [-0.3, -0.25) is 4.79 Å². The van der Waals surface area contributed by atoms with Crippen LogP contribution in [0.15, 0.2) is 65.6 Å². The number of nitrogens with zero attached hydrogens (tertiary/aromatic N) is 3. The lowest BCUT2D eigenvalue weighted by Crippen LogP contribution is -2.22. The van der Waals surface area contributed by atoms with E-state index in [1.165, 1.54) is 12.3 Å². The summed E-state index contributed by atoms with van der Waals surface area (Å²) in [6.07, 6.45) is 1.52. The maximum Gasteiger partial charge on any atom is 0.355 e. The van der Waals surface area contributed by atoms with Crippen molar-refractivity contribution in [2.75, 3.05) is 27.2 Å². The van der Waals surface area contributed by atoms with Crippen molar-refractivity contribution in [3.05, 3.63) is 98.9 Å². The Morgan fingerprint density at radius 2 is 1.95 bits per heavy atom. The van der Waals surface area contributed by atoms with Gasteiger partial charge >= 0.3 is 5.97 Å². The Kier molecular flexibility index (Phi) is 7.01. The zero-order valence-corrected chi connectivity index (χ0v) is 22.0. The summed E-state index contributed by atoms with van der Waals surface area (Å²) in [5.74, 6) is -1.05. The number of H-pyrrole nitrogens is 1. The SMILES string of the molecule is Cc1cc2c(-c3ccc[nH]c3=O)c(C(=O)OCCN(C)C)n(Cc3cc4ccccc4nc3Cl)c2cc1F. The number of pyridine rings is 2. The highest BCUT2D eigenvalue weighted by Crippen LogP contribution is 2.37. The van der Waals surface area contributed by atoms with Gasteiger partial charge in [-0.15, -0.1) is 0 Å². The predicted molar refractivity (Wildman–Crippen MR) is 147 cm³/mol. The molecule has 7 nitrogen and oxygen atoms in total. The third-order valence-electron chi connectivity index (χ3n) is 6.47. The lowest BCUT2D eigenvalue weighted by Gasteiger charge is -2.15. The summed E-state index contributed by atoms with van der Waals surface area (Å²) in [5.41, 5.74) is 2.63. The first-order valence-corrected chi connectivity index (χ1v) is 12.5. The summed E-state index contributed by atoms with van der Waals surface area (Å²) in [7, 11) is 3.75. The zero-order valence-electron chi connectivity index (χ0n) is 21.2. The minimum absolute atomic E-state index is 0.110. The van der Waals surface area contributed by atoms with E-state index in [1.807, 2.05) is 49.3 Å². The van der Waals surface area contributed by atoms with Crippen LogP contribution in [0.1, 0.15) is 21.6 Å². The molecule has 194 valence electrons. The monoisotopic (exact) mass is 532 g/mol. The molecule has 0 spiro atoms. The van der Waals surface area contributed by atoms with Gasteiger partial charge in [0, 0.05) is 40.2 Å². The number of benzene rings is 2. The molecule has 2 aromatic carbocycles. The fraction of sp³-hybridized carbons (Fsp3) is 0.207. The molecule has 0 amide bonds. The van der Waals surface area contributed by atoms with Gasteiger partial charge in [-0.05, 0) is 63.0 Å². The minimum atomic E-state index is -0.621. The normalized spacial score (nSPS) is 11.5. The number of aryl methyl sites for hydroxylation is 1. The Morgan fingerprint density at radius 1 is 1.16 bits per heavy atom. The summed E-state index contributed by atoms with van der Waals surface area (Å²) in [6.45, 7) is 2.41. The molecule has 0 unspecified atom stereocenters. The van der Waals surface area contributed by atoms with E-state index in [0.717, 1.165) is 10.9 Å². The molecule has 9 heteroatoms. The number of carbonyl (C=O) groups is 1. The van der Waals surface area contributed by atoms with E-state index < -0.39 is 11.8 Å². The van der Waals surface area contributed by atoms with Crippen LogP contribution in [0.2, 0.25) is 5.15 Å². The number of aromatic nitrogens is 3. The van der Waals surface area contributed by atoms with E-state index in [1.54, 1.807) is 29.7 Å². The van der Waals surface area contributed by atoms with Crippen LogP contribution in [-0.2, 0) is 11.3 Å². The first-order valence-electron chi connectivity index (χ1n) is 12.1. The number of halogens is 2. The number of ether oxygens (including phenoxy) is 1. The largest absolute Gasteiger partial charge is 0.460 e. The third-order valence-corrected chi connectivity index (χ3v) is 6.80. The molecule has 0 saturated heterocycles. The van der Waals surface area contributed by atoms with Gasteiger partial charge in [0.25, 0.3) is 5.56 Å². The number of hydrogen-bond donors (Lipinski definition) is 1. The number of para-hydroxylation sites is 1. The van der Waals surface area contributed by atoms with Crippen molar-refractivity contribution in [1.29, 1.82) is 0 Å². The van der Waals surface area contributed by atoms with Crippen molar-refractivity contribution in [2.24, 2.45) is 0 Å². The van der Waals surface area contributed by atoms with Crippen LogP contribution in [0.25, 0.3) is 32.9 Å². The van der Waals surface area contributed by atoms with Gasteiger partial charge in [0.2, 0.25) is 0 Å². The van der Waals surface area contributed by atoms with E-state index in [4.69, 9.17) is 16.3 Å². The topological polar surface area (TPSA) is 80.2 Å². The summed E-state index contributed by atoms with van der Waals surface area (Å²) < 4.78 is 22.2. The Labute approximate surface area is 223 Å². The van der Waals surface area contributed by atoms with Crippen molar-refractivity contribution in [1.82, 2.24) is 19.4 Å². The second kappa shape index (κ2) is 10.4. The van der Waals surface area contributed by atoms with Crippen molar-refractivity contribution in [3.8, 4) is 11.1 Å². The van der Waals surface area contributed by atoms with Crippen molar-refractivity contribution in [3.63, 3.8) is 0 Å². The maximum absolute atomic E-state index is 14.9. The first-order chi connectivity index (χ1) is 18.2. The molecule has 0 fully saturated rings. The van der Waals surface area contributed by atoms with Gasteiger partial charge in [0.15, 0.2) is 0 Å². The molecule has 1 N–H and O–H groups in total. The number of rotatable bonds is 7. The molecule has 0 aliphatic heterocycles. The summed E-state index contributed by atoms with van der Waals surface area (Å²) in [6, 6.07) is 15.8. The number of nitrogens with one attached hydrogen (secondary N) is 1. The van der Waals surface area contributed by atoms with E-state index >= 15 is 0 Å². The standard InChI is InChI=1S/C29H26ClFN4O3/c1-17-13-21-24(15-22(17)31)35(16-19-14-18-7-4-5-9-23(18)33-27(19)30)26(29(37)38-12-11-34(2)3)25(21)20-8-6-10-32-28(20)36/h4-10,13-15H,11-12,16H2,1-3H3,(H,32,36). The number of likely N-dealkylation sites (N-methyl/N-ethyl adjacent to an activating group) is 1. The van der Waals surface area contributed by atoms with Gasteiger partial charge in [0.1, 0.15) is 23.3 Å². The van der Waals surface area contributed by atoms with Gasteiger partial charge < -0.3 is 19.2 Å². The quantitative estimate of drug-likeness (QED) is 0.224. The fourth-order valence-electron chi connectivity index (χ4n) is 4.55. The smallest absolute Gasteiger partial charge is 0.355 e. The molecule has 0 bridgehead atoms. The summed E-state index contributed by atoms with van der Waals surface area (Å²) in [4.78, 5) is 35.7. The number of carbonyl (C=O) groups excluding carboxylic acids is 1. The second-order valence-electron chi connectivity index (χ2n) is 9.41. The van der Waals surface area contributed by atoms with E-state index in [2.05, 4.69) is 9.97 Å². The van der Waals surface area contributed by atoms with Crippen LogP contribution in [-0.4, -0.2) is 52.7 Å². The first kappa shape index (κ1) is 25.6. The van der Waals surface area contributed by atoms with Crippen LogP contribution in [0.3, 0.4) is 0 Å². The predicted octanol–water partition coefficient (Wildman–Crippen LogP) is 5.41. The third kappa shape index (κ3) is 4.80. The van der Waals surface area contributed by atoms with Crippen molar-refractivity contribution < 1.29 is 13.9 Å². The molecular formula is C29H26ClFN4O3. The van der Waals surface area contributed by atoms with E-state index in [0.29, 0.717) is 34.1 Å². The number of hydrogen-bond acceptors (Lipinski definition) is 5. The minimum Gasteiger partial charge on any atom is -0.460 e. The lowest BCUT2D eigenvalue weighted by atomic mass is 10.0. The average Bonchev–Trinajstić information content (AvgIpc) is 3.17. The highest BCUT2D eigenvalue weighted by atomic mass is 35.5. The summed E-state index contributed by atoms with van der Waals surface area (Å²) in [5, 5.41) is 1.70. The zero-order chi connectivity index (χ0) is 27.0. The van der Waals surface area contributed by atoms with Gasteiger partial charge in [0.05, 0.1) is 17.6 Å². The van der Waals surface area contributed by atoms with Crippen LogP contribution >= 0.6 is 11.6 Å². The Hall–Kier alpha value is -4.01. The second-order valence-corrected chi connectivity index (χ2v) is 9.77. The molecule has 0 radical (unpaired) electrons. The Balaban J connectivity index is 1.78. The Morgan fingerprint density at radius 3 is 2.71 bits per heavy atom. The van der Waals surface area contributed by atoms with Gasteiger partial charge in [-0.2, -0.15) is 0 Å². The van der Waals surface area contributed by atoms with Gasteiger partial charge in [-0.25, -0.2) is 14.2 Å². The maximum atomic E-state index is 14.9. The van der Waals surface area contributed by atoms with E-state index in [9.17, 15) is 14.0 Å². The number of aromatic amines is 1. The number of esters is 1. The molecule has 0 atom stereocenters. The molecular weight excluding hydrogens is 507 g/mol. The molecule has 38 heavy (non-hydrogen) atoms. The van der Waals surface area contributed by atoms with Crippen molar-refractivity contribution >= 4 is 39.4 Å². The van der Waals surface area contributed by atoms with Gasteiger partial charge in [-0.1, -0.05) is 29.8 Å². The van der Waals surface area contributed by atoms with Crippen LogP contribution in [0, 0.1) is 12.7 Å². The number of fused-ring (bicyclic) bond motifs is 2. The highest BCUT2D eigenvalue weighted by Gasteiger charge is 2.28. The molecule has 5 aromatic rings. The van der Waals surface area contributed by atoms with Crippen molar-refractivity contribution in [2.45, 2.75) is 13.5 Å². The molecule has 0 aliphatic carbocycles.